The fourth-order valence-corrected chi connectivity index (χ4v) is 2.71. The second-order valence-corrected chi connectivity index (χ2v) is 5.54. The second-order valence-electron chi connectivity index (χ2n) is 4.10. The largest absolute Gasteiger partial charge is 0.482 e. The monoisotopic (exact) mass is 294 g/mol. The van der Waals surface area contributed by atoms with Crippen LogP contribution in [-0.4, -0.2) is 12.5 Å². The van der Waals surface area contributed by atoms with Crippen molar-refractivity contribution in [1.29, 1.82) is 0 Å². The molecule has 3 rings (SSSR count). The Balaban J connectivity index is 1.80. The molecule has 2 heterocycles. The van der Waals surface area contributed by atoms with Gasteiger partial charge in [-0.1, -0.05) is 17.7 Å². The molecule has 1 amide bonds. The zero-order chi connectivity index (χ0) is 13.2. The van der Waals surface area contributed by atoms with Crippen molar-refractivity contribution in [2.24, 2.45) is 0 Å². The third kappa shape index (κ3) is 2.67. The molecular weight excluding hydrogens is 284 g/mol. The molecule has 2 aromatic rings. The van der Waals surface area contributed by atoms with Crippen molar-refractivity contribution < 1.29 is 9.53 Å². The van der Waals surface area contributed by atoms with Crippen molar-refractivity contribution in [3.05, 3.63) is 39.5 Å². The zero-order valence-electron chi connectivity index (χ0n) is 9.90. The van der Waals surface area contributed by atoms with Crippen molar-refractivity contribution in [3.8, 4) is 5.75 Å². The second kappa shape index (κ2) is 5.11. The Kier molecular flexibility index (Phi) is 3.31. The Morgan fingerprint density at radius 2 is 2.37 bits per heavy atom. The number of rotatable bonds is 3. The lowest BCUT2D eigenvalue weighted by Crippen LogP contribution is -2.25. The maximum atomic E-state index is 11.2. The van der Waals surface area contributed by atoms with Crippen LogP contribution in [0.25, 0.3) is 0 Å². The number of ether oxygens (including phenoxy) is 1. The van der Waals surface area contributed by atoms with Crippen LogP contribution in [0.2, 0.25) is 5.02 Å². The van der Waals surface area contributed by atoms with E-state index in [2.05, 4.69) is 16.7 Å². The quantitative estimate of drug-likeness (QED) is 0.913. The molecule has 1 aliphatic rings. The summed E-state index contributed by atoms with van der Waals surface area (Å²) in [7, 11) is 0. The molecule has 0 radical (unpaired) electrons. The molecule has 0 atom stereocenters. The van der Waals surface area contributed by atoms with Gasteiger partial charge in [0.1, 0.15) is 5.75 Å². The minimum atomic E-state index is -0.164. The molecule has 19 heavy (non-hydrogen) atoms. The minimum absolute atomic E-state index is 0.0407. The molecule has 1 aliphatic heterocycles. The van der Waals surface area contributed by atoms with Gasteiger partial charge in [0, 0.05) is 17.5 Å². The number of amides is 1. The van der Waals surface area contributed by atoms with Gasteiger partial charge in [0.2, 0.25) is 0 Å². The number of nitrogens with one attached hydrogen (secondary N) is 2. The lowest BCUT2D eigenvalue weighted by Gasteiger charge is -2.19. The molecule has 0 fully saturated rings. The summed E-state index contributed by atoms with van der Waals surface area (Å²) in [6, 6.07) is 7.57. The van der Waals surface area contributed by atoms with Crippen LogP contribution in [0.1, 0.15) is 4.88 Å². The Bertz CT molecular complexity index is 613. The summed E-state index contributed by atoms with van der Waals surface area (Å²) in [4.78, 5) is 12.4. The van der Waals surface area contributed by atoms with Crippen LogP contribution in [0.3, 0.4) is 0 Å². The average molecular weight is 295 g/mol. The van der Waals surface area contributed by atoms with E-state index in [1.54, 1.807) is 17.4 Å². The molecule has 0 unspecified atom stereocenters. The van der Waals surface area contributed by atoms with Crippen LogP contribution < -0.4 is 15.4 Å². The number of hydrogen-bond acceptors (Lipinski definition) is 4. The highest BCUT2D eigenvalue weighted by Crippen LogP contribution is 2.36. The standard InChI is InChI=1S/C13H11ClN2O2S/c14-9-4-11-12(18-7-13(17)16-11)5-10(9)15-6-8-2-1-3-19-8/h1-5,15H,6-7H2,(H,16,17). The maximum absolute atomic E-state index is 11.2. The molecule has 0 aliphatic carbocycles. The number of hydrogen-bond donors (Lipinski definition) is 2. The SMILES string of the molecule is O=C1COc2cc(NCc3cccs3)c(Cl)cc2N1. The summed E-state index contributed by atoms with van der Waals surface area (Å²) in [6.45, 7) is 0.752. The summed E-state index contributed by atoms with van der Waals surface area (Å²) in [5, 5.41) is 8.57. The van der Waals surface area contributed by atoms with Crippen LogP contribution in [0.5, 0.6) is 5.75 Å². The third-order valence-corrected chi connectivity index (χ3v) is 3.92. The lowest BCUT2D eigenvalue weighted by molar-refractivity contribution is -0.118. The summed E-state index contributed by atoms with van der Waals surface area (Å²) in [5.41, 5.74) is 1.41. The molecule has 0 spiro atoms. The number of halogens is 1. The van der Waals surface area contributed by atoms with E-state index in [9.17, 15) is 4.79 Å². The zero-order valence-corrected chi connectivity index (χ0v) is 11.5. The van der Waals surface area contributed by atoms with Crippen molar-refractivity contribution in [2.75, 3.05) is 17.2 Å². The number of fused-ring (bicyclic) bond motifs is 1. The molecule has 1 aromatic carbocycles. The van der Waals surface area contributed by atoms with Crippen molar-refractivity contribution in [1.82, 2.24) is 0 Å². The molecule has 6 heteroatoms. The van der Waals surface area contributed by atoms with Crippen LogP contribution in [0.15, 0.2) is 29.6 Å². The fraction of sp³-hybridized carbons (Fsp3) is 0.154. The maximum Gasteiger partial charge on any atom is 0.262 e. The fourth-order valence-electron chi connectivity index (χ4n) is 1.83. The molecule has 4 nitrogen and oxygen atoms in total. The van der Waals surface area contributed by atoms with E-state index in [0.717, 1.165) is 5.69 Å². The van der Waals surface area contributed by atoms with Gasteiger partial charge in [-0.2, -0.15) is 0 Å². The van der Waals surface area contributed by atoms with Gasteiger partial charge >= 0.3 is 0 Å². The molecule has 98 valence electrons. The number of anilines is 2. The molecule has 1 aromatic heterocycles. The number of thiophene rings is 1. The van der Waals surface area contributed by atoms with Gasteiger partial charge in [-0.3, -0.25) is 4.79 Å². The molecule has 0 bridgehead atoms. The topological polar surface area (TPSA) is 50.4 Å². The van der Waals surface area contributed by atoms with Crippen LogP contribution in [0, 0.1) is 0 Å². The third-order valence-electron chi connectivity index (χ3n) is 2.74. The van der Waals surface area contributed by atoms with Gasteiger partial charge in [-0.25, -0.2) is 0 Å². The summed E-state index contributed by atoms with van der Waals surface area (Å²) in [6.07, 6.45) is 0. The Labute approximate surface area is 119 Å². The van der Waals surface area contributed by atoms with Crippen molar-refractivity contribution >= 4 is 40.2 Å². The van der Waals surface area contributed by atoms with E-state index < -0.39 is 0 Å². The van der Waals surface area contributed by atoms with Gasteiger partial charge in [0.05, 0.1) is 16.4 Å². The van der Waals surface area contributed by atoms with Crippen LogP contribution >= 0.6 is 22.9 Å². The predicted octanol–water partition coefficient (Wildman–Crippen LogP) is 3.34. The Morgan fingerprint density at radius 1 is 1.47 bits per heavy atom. The van der Waals surface area contributed by atoms with Crippen molar-refractivity contribution in [3.63, 3.8) is 0 Å². The van der Waals surface area contributed by atoms with Gasteiger partial charge < -0.3 is 15.4 Å². The lowest BCUT2D eigenvalue weighted by atomic mass is 10.2. The van der Waals surface area contributed by atoms with Crippen LogP contribution in [0.4, 0.5) is 11.4 Å². The molecule has 0 saturated heterocycles. The Morgan fingerprint density at radius 3 is 3.16 bits per heavy atom. The summed E-state index contributed by atoms with van der Waals surface area (Å²) in [5.74, 6) is 0.473. The van der Waals surface area contributed by atoms with E-state index in [4.69, 9.17) is 16.3 Å². The van der Waals surface area contributed by atoms with Gasteiger partial charge in [0.15, 0.2) is 6.61 Å². The first-order valence-corrected chi connectivity index (χ1v) is 7.00. The first-order valence-electron chi connectivity index (χ1n) is 5.75. The minimum Gasteiger partial charge on any atom is -0.482 e. The molecular formula is C13H11ClN2O2S. The highest BCUT2D eigenvalue weighted by Gasteiger charge is 2.18. The van der Waals surface area contributed by atoms with Gasteiger partial charge in [0.25, 0.3) is 5.91 Å². The first kappa shape index (κ1) is 12.3. The average Bonchev–Trinajstić information content (AvgIpc) is 2.89. The van der Waals surface area contributed by atoms with E-state index in [-0.39, 0.29) is 12.5 Å². The van der Waals surface area contributed by atoms with Gasteiger partial charge in [-0.05, 0) is 17.5 Å². The smallest absolute Gasteiger partial charge is 0.262 e. The number of benzene rings is 1. The normalized spacial score (nSPS) is 13.4. The molecule has 0 saturated carbocycles. The van der Waals surface area contributed by atoms with E-state index in [0.29, 0.717) is 23.0 Å². The Hall–Kier alpha value is -1.72. The summed E-state index contributed by atoms with van der Waals surface area (Å²) < 4.78 is 5.36. The van der Waals surface area contributed by atoms with E-state index >= 15 is 0 Å². The molecule has 2 N–H and O–H groups in total. The van der Waals surface area contributed by atoms with Crippen LogP contribution in [-0.2, 0) is 11.3 Å². The van der Waals surface area contributed by atoms with Gasteiger partial charge in [-0.15, -0.1) is 11.3 Å². The highest BCUT2D eigenvalue weighted by molar-refractivity contribution is 7.09. The highest BCUT2D eigenvalue weighted by atomic mass is 35.5. The van der Waals surface area contributed by atoms with E-state index in [1.165, 1.54) is 4.88 Å². The van der Waals surface area contributed by atoms with E-state index in [1.807, 2.05) is 17.5 Å². The first-order chi connectivity index (χ1) is 9.22. The number of carbonyl (C=O) groups excluding carboxylic acids is 1. The number of carbonyl (C=O) groups is 1. The summed E-state index contributed by atoms with van der Waals surface area (Å²) >= 11 is 7.87. The van der Waals surface area contributed by atoms with Crippen molar-refractivity contribution in [2.45, 2.75) is 6.54 Å². The predicted molar refractivity (Wildman–Crippen MR) is 77.2 cm³/mol.